The summed E-state index contributed by atoms with van der Waals surface area (Å²) in [5.74, 6) is 0.269. The Balaban J connectivity index is 1.61. The number of hydrogen-bond donors (Lipinski definition) is 0. The van der Waals surface area contributed by atoms with E-state index in [-0.39, 0.29) is 17.7 Å². The average molecular weight is 401 g/mol. The van der Waals surface area contributed by atoms with Crippen molar-refractivity contribution in [3.63, 3.8) is 0 Å². The van der Waals surface area contributed by atoms with Crippen molar-refractivity contribution in [2.75, 3.05) is 57.3 Å². The van der Waals surface area contributed by atoms with Crippen LogP contribution in [0, 0.1) is 0 Å². The molecule has 2 saturated heterocycles. The number of carbonyl (C=O) groups excluding carboxylic acids is 3. The van der Waals surface area contributed by atoms with E-state index in [0.717, 1.165) is 44.7 Å². The molecule has 2 aliphatic rings. The van der Waals surface area contributed by atoms with E-state index >= 15 is 0 Å². The highest BCUT2D eigenvalue weighted by atomic mass is 16.2. The number of benzene rings is 1. The highest BCUT2D eigenvalue weighted by molar-refractivity contribution is 5.99. The van der Waals surface area contributed by atoms with E-state index in [1.165, 1.54) is 0 Å². The number of hydrogen-bond acceptors (Lipinski definition) is 4. The van der Waals surface area contributed by atoms with Crippen LogP contribution in [0.1, 0.15) is 43.5 Å². The maximum absolute atomic E-state index is 13.1. The van der Waals surface area contributed by atoms with Crippen LogP contribution in [0.15, 0.2) is 24.3 Å². The zero-order valence-corrected chi connectivity index (χ0v) is 17.6. The molecule has 2 fully saturated rings. The summed E-state index contributed by atoms with van der Waals surface area (Å²) >= 11 is 0. The van der Waals surface area contributed by atoms with E-state index in [2.05, 4.69) is 4.90 Å². The summed E-state index contributed by atoms with van der Waals surface area (Å²) in [4.78, 5) is 45.1. The van der Waals surface area contributed by atoms with E-state index in [9.17, 15) is 14.4 Å². The first kappa shape index (κ1) is 21.3. The number of likely N-dealkylation sites (N-methyl/N-ethyl adjacent to an activating group) is 1. The molecule has 0 N–H and O–H groups in total. The zero-order chi connectivity index (χ0) is 20.8. The van der Waals surface area contributed by atoms with Gasteiger partial charge in [-0.15, -0.1) is 0 Å². The van der Waals surface area contributed by atoms with Crippen LogP contribution in [0.25, 0.3) is 0 Å². The third kappa shape index (κ3) is 5.15. The number of nitrogens with zero attached hydrogens (tertiary/aromatic N) is 4. The molecular formula is C22H32N4O3. The largest absolute Gasteiger partial charge is 0.342 e. The van der Waals surface area contributed by atoms with Gasteiger partial charge in [-0.25, -0.2) is 0 Å². The third-order valence-electron chi connectivity index (χ3n) is 5.83. The maximum atomic E-state index is 13.1. The van der Waals surface area contributed by atoms with Crippen LogP contribution in [0.3, 0.4) is 0 Å². The summed E-state index contributed by atoms with van der Waals surface area (Å²) in [5, 5.41) is 0. The van der Waals surface area contributed by atoms with Gasteiger partial charge in [-0.3, -0.25) is 19.3 Å². The quantitative estimate of drug-likeness (QED) is 0.731. The molecule has 7 nitrogen and oxygen atoms in total. The first-order valence-electron chi connectivity index (χ1n) is 10.7. The Morgan fingerprint density at radius 3 is 2.48 bits per heavy atom. The minimum Gasteiger partial charge on any atom is -0.342 e. The van der Waals surface area contributed by atoms with Crippen LogP contribution in [0.5, 0.6) is 0 Å². The molecule has 0 atom stereocenters. The Bertz CT molecular complexity index is 747. The Morgan fingerprint density at radius 1 is 1.00 bits per heavy atom. The summed E-state index contributed by atoms with van der Waals surface area (Å²) in [6.45, 7) is 9.38. The van der Waals surface area contributed by atoms with Crippen molar-refractivity contribution in [3.05, 3.63) is 29.8 Å². The van der Waals surface area contributed by atoms with E-state index in [1.54, 1.807) is 4.90 Å². The van der Waals surface area contributed by atoms with Gasteiger partial charge in [0.2, 0.25) is 11.8 Å². The van der Waals surface area contributed by atoms with Gasteiger partial charge in [-0.1, -0.05) is 6.07 Å². The van der Waals surface area contributed by atoms with Crippen molar-refractivity contribution in [2.24, 2.45) is 0 Å². The summed E-state index contributed by atoms with van der Waals surface area (Å²) in [5.41, 5.74) is 1.43. The molecule has 2 aliphatic heterocycles. The Morgan fingerprint density at radius 2 is 1.79 bits per heavy atom. The monoisotopic (exact) mass is 400 g/mol. The average Bonchev–Trinajstić information content (AvgIpc) is 3.02. The third-order valence-corrected chi connectivity index (χ3v) is 5.83. The molecule has 2 heterocycles. The van der Waals surface area contributed by atoms with E-state index in [1.807, 2.05) is 47.9 Å². The van der Waals surface area contributed by atoms with Crippen molar-refractivity contribution in [1.29, 1.82) is 0 Å². The lowest BCUT2D eigenvalue weighted by atomic mass is 10.1. The molecule has 1 aromatic rings. The highest BCUT2D eigenvalue weighted by Crippen LogP contribution is 2.23. The van der Waals surface area contributed by atoms with E-state index < -0.39 is 0 Å². The fourth-order valence-electron chi connectivity index (χ4n) is 4.11. The molecule has 0 bridgehead atoms. The molecule has 1 aromatic carbocycles. The number of rotatable bonds is 6. The van der Waals surface area contributed by atoms with Crippen LogP contribution in [0.4, 0.5) is 5.69 Å². The molecular weight excluding hydrogens is 368 g/mol. The van der Waals surface area contributed by atoms with Crippen molar-refractivity contribution in [1.82, 2.24) is 14.7 Å². The van der Waals surface area contributed by atoms with E-state index in [0.29, 0.717) is 38.2 Å². The van der Waals surface area contributed by atoms with Crippen LogP contribution >= 0.6 is 0 Å². The van der Waals surface area contributed by atoms with Gasteiger partial charge in [0.05, 0.1) is 6.54 Å². The summed E-state index contributed by atoms with van der Waals surface area (Å²) in [6.07, 6.45) is 2.29. The van der Waals surface area contributed by atoms with Gasteiger partial charge in [0.25, 0.3) is 5.91 Å². The Hall–Kier alpha value is -2.41. The molecule has 0 aromatic heterocycles. The molecule has 0 spiro atoms. The van der Waals surface area contributed by atoms with Crippen LogP contribution in [0.2, 0.25) is 0 Å². The number of anilines is 1. The lowest BCUT2D eigenvalue weighted by Crippen LogP contribution is -2.42. The van der Waals surface area contributed by atoms with Crippen LogP contribution in [-0.2, 0) is 9.59 Å². The van der Waals surface area contributed by atoms with Gasteiger partial charge in [0, 0.05) is 63.5 Å². The molecule has 0 unspecified atom stereocenters. The lowest BCUT2D eigenvalue weighted by molar-refractivity contribution is -0.132. The first-order valence-corrected chi connectivity index (χ1v) is 10.7. The summed E-state index contributed by atoms with van der Waals surface area (Å²) in [6, 6.07) is 7.39. The second-order valence-electron chi connectivity index (χ2n) is 7.69. The smallest absolute Gasteiger partial charge is 0.253 e. The Kier molecular flexibility index (Phi) is 7.25. The normalized spacial score (nSPS) is 18.1. The molecule has 158 valence electrons. The molecule has 0 radical (unpaired) electrons. The second-order valence-corrected chi connectivity index (χ2v) is 7.69. The highest BCUT2D eigenvalue weighted by Gasteiger charge is 2.25. The molecule has 0 saturated carbocycles. The maximum Gasteiger partial charge on any atom is 0.253 e. The van der Waals surface area contributed by atoms with Crippen molar-refractivity contribution >= 4 is 23.4 Å². The number of amides is 3. The molecule has 7 heteroatoms. The minimum atomic E-state index is -0.00425. The van der Waals surface area contributed by atoms with Gasteiger partial charge >= 0.3 is 0 Å². The van der Waals surface area contributed by atoms with Gasteiger partial charge in [0.1, 0.15) is 0 Å². The van der Waals surface area contributed by atoms with Gasteiger partial charge in [0.15, 0.2) is 0 Å². The minimum absolute atomic E-state index is 0.00425. The fourth-order valence-corrected chi connectivity index (χ4v) is 4.11. The van der Waals surface area contributed by atoms with Crippen LogP contribution < -0.4 is 4.90 Å². The molecule has 29 heavy (non-hydrogen) atoms. The zero-order valence-electron chi connectivity index (χ0n) is 17.6. The van der Waals surface area contributed by atoms with E-state index in [4.69, 9.17) is 0 Å². The molecule has 3 rings (SSSR count). The van der Waals surface area contributed by atoms with Gasteiger partial charge in [-0.05, 0) is 44.9 Å². The summed E-state index contributed by atoms with van der Waals surface area (Å²) < 4.78 is 0. The fraction of sp³-hybridized carbons (Fsp3) is 0.591. The first-order chi connectivity index (χ1) is 14.0. The van der Waals surface area contributed by atoms with Crippen molar-refractivity contribution < 1.29 is 14.4 Å². The van der Waals surface area contributed by atoms with Gasteiger partial charge in [-0.2, -0.15) is 0 Å². The predicted molar refractivity (Wildman–Crippen MR) is 113 cm³/mol. The summed E-state index contributed by atoms with van der Waals surface area (Å²) in [7, 11) is 0. The Labute approximate surface area is 173 Å². The standard InChI is InChI=1S/C22H32N4O3/c1-3-24(4-2)21(28)17-23-11-7-12-25(15-14-23)22(29)18-8-5-9-19(16-18)26-13-6-10-20(26)27/h5,8-9,16H,3-4,6-7,10-15,17H2,1-2H3. The molecule has 3 amide bonds. The predicted octanol–water partition coefficient (Wildman–Crippen LogP) is 1.83. The molecule has 0 aliphatic carbocycles. The topological polar surface area (TPSA) is 64.2 Å². The van der Waals surface area contributed by atoms with Crippen molar-refractivity contribution in [2.45, 2.75) is 33.1 Å². The van der Waals surface area contributed by atoms with Gasteiger partial charge < -0.3 is 14.7 Å². The van der Waals surface area contributed by atoms with Crippen molar-refractivity contribution in [3.8, 4) is 0 Å². The van der Waals surface area contributed by atoms with Crippen LogP contribution in [-0.4, -0.2) is 84.8 Å². The number of carbonyl (C=O) groups is 3. The SMILES string of the molecule is CCN(CC)C(=O)CN1CCCN(C(=O)c2cccc(N3CCCC3=O)c2)CC1. The lowest BCUT2D eigenvalue weighted by Gasteiger charge is -2.25. The second kappa shape index (κ2) is 9.87.